The van der Waals surface area contributed by atoms with Gasteiger partial charge in [-0.25, -0.2) is 0 Å². The molecule has 0 amide bonds. The summed E-state index contributed by atoms with van der Waals surface area (Å²) in [5, 5.41) is 21.0. The molecule has 0 bridgehead atoms. The summed E-state index contributed by atoms with van der Waals surface area (Å²) in [6.07, 6.45) is -0.681. The fraction of sp³-hybridized carbons (Fsp3) is 0.571. The number of quaternary nitrogens is 1. The Bertz CT molecular complexity index is 424. The summed E-state index contributed by atoms with van der Waals surface area (Å²) in [7, 11) is 0. The standard InChI is InChI=1S/C14H22N2O3/c1-10(2)15(11(3)4)9-14(17)12-6-5-7-13(8-12)16(18)19/h5-8,10-11,14,17H,9H2,1-4H3/p+1/t14-/m0/s1. The number of nitro groups is 1. The van der Waals surface area contributed by atoms with Crippen molar-refractivity contribution in [1.29, 1.82) is 0 Å². The predicted molar refractivity (Wildman–Crippen MR) is 74.2 cm³/mol. The van der Waals surface area contributed by atoms with Gasteiger partial charge in [0.15, 0.2) is 0 Å². The lowest BCUT2D eigenvalue weighted by Gasteiger charge is -2.29. The minimum Gasteiger partial charge on any atom is -0.382 e. The maximum absolute atomic E-state index is 10.7. The zero-order valence-electron chi connectivity index (χ0n) is 12.0. The van der Waals surface area contributed by atoms with Crippen LogP contribution in [-0.2, 0) is 0 Å². The van der Waals surface area contributed by atoms with E-state index in [0.717, 1.165) is 0 Å². The highest BCUT2D eigenvalue weighted by Crippen LogP contribution is 2.18. The molecule has 0 aliphatic carbocycles. The van der Waals surface area contributed by atoms with Crippen LogP contribution in [0.1, 0.15) is 39.4 Å². The molecule has 106 valence electrons. The number of nitro benzene ring substituents is 1. The molecule has 0 fully saturated rings. The Labute approximate surface area is 114 Å². The Hall–Kier alpha value is -1.46. The molecule has 0 unspecified atom stereocenters. The highest BCUT2D eigenvalue weighted by atomic mass is 16.6. The number of benzene rings is 1. The van der Waals surface area contributed by atoms with Crippen LogP contribution in [0.2, 0.25) is 0 Å². The van der Waals surface area contributed by atoms with Crippen LogP contribution >= 0.6 is 0 Å². The number of nitrogens with zero attached hydrogens (tertiary/aromatic N) is 1. The van der Waals surface area contributed by atoms with Gasteiger partial charge in [-0.1, -0.05) is 12.1 Å². The first-order valence-electron chi connectivity index (χ1n) is 6.61. The molecule has 0 spiro atoms. The van der Waals surface area contributed by atoms with Crippen LogP contribution in [-0.4, -0.2) is 28.7 Å². The van der Waals surface area contributed by atoms with Gasteiger partial charge in [-0.15, -0.1) is 0 Å². The lowest BCUT2D eigenvalue weighted by Crippen LogP contribution is -3.18. The summed E-state index contributed by atoms with van der Waals surface area (Å²) in [5.74, 6) is 0. The molecular formula is C14H23N2O3+. The van der Waals surface area contributed by atoms with Crippen molar-refractivity contribution in [3.05, 3.63) is 39.9 Å². The van der Waals surface area contributed by atoms with E-state index in [-0.39, 0.29) is 5.69 Å². The van der Waals surface area contributed by atoms with Crippen molar-refractivity contribution in [1.82, 2.24) is 0 Å². The van der Waals surface area contributed by atoms with Gasteiger partial charge in [0.2, 0.25) is 0 Å². The van der Waals surface area contributed by atoms with E-state index in [4.69, 9.17) is 0 Å². The minimum absolute atomic E-state index is 0.0205. The molecule has 5 heteroatoms. The molecule has 0 saturated heterocycles. The number of nitrogens with one attached hydrogen (secondary N) is 1. The Morgan fingerprint density at radius 1 is 1.26 bits per heavy atom. The summed E-state index contributed by atoms with van der Waals surface area (Å²) in [4.78, 5) is 11.6. The van der Waals surface area contributed by atoms with Crippen LogP contribution in [0.5, 0.6) is 0 Å². The second-order valence-corrected chi connectivity index (χ2v) is 5.46. The van der Waals surface area contributed by atoms with E-state index in [1.165, 1.54) is 17.0 Å². The van der Waals surface area contributed by atoms with E-state index in [0.29, 0.717) is 24.2 Å². The van der Waals surface area contributed by atoms with Crippen molar-refractivity contribution in [2.75, 3.05) is 6.54 Å². The second-order valence-electron chi connectivity index (χ2n) is 5.46. The third-order valence-corrected chi connectivity index (χ3v) is 3.38. The van der Waals surface area contributed by atoms with E-state index in [1.54, 1.807) is 12.1 Å². The van der Waals surface area contributed by atoms with Gasteiger partial charge < -0.3 is 10.0 Å². The van der Waals surface area contributed by atoms with Crippen LogP contribution in [0.3, 0.4) is 0 Å². The molecular weight excluding hydrogens is 244 g/mol. The first kappa shape index (κ1) is 15.6. The van der Waals surface area contributed by atoms with E-state index in [1.807, 2.05) is 0 Å². The topological polar surface area (TPSA) is 67.8 Å². The molecule has 0 saturated carbocycles. The molecule has 0 heterocycles. The Balaban J connectivity index is 2.85. The molecule has 2 N–H and O–H groups in total. The molecule has 19 heavy (non-hydrogen) atoms. The van der Waals surface area contributed by atoms with Crippen molar-refractivity contribution < 1.29 is 14.9 Å². The summed E-state index contributed by atoms with van der Waals surface area (Å²) in [5.41, 5.74) is 0.625. The molecule has 0 radical (unpaired) electrons. The van der Waals surface area contributed by atoms with E-state index in [9.17, 15) is 15.2 Å². The van der Waals surface area contributed by atoms with Gasteiger partial charge >= 0.3 is 0 Å². The molecule has 1 aromatic carbocycles. The zero-order valence-corrected chi connectivity index (χ0v) is 12.0. The second kappa shape index (κ2) is 6.63. The third kappa shape index (κ3) is 4.29. The van der Waals surface area contributed by atoms with Gasteiger partial charge in [-0.3, -0.25) is 10.1 Å². The number of hydrogen-bond acceptors (Lipinski definition) is 3. The third-order valence-electron chi connectivity index (χ3n) is 3.38. The zero-order chi connectivity index (χ0) is 14.6. The first-order valence-corrected chi connectivity index (χ1v) is 6.61. The molecule has 1 rings (SSSR count). The maximum atomic E-state index is 10.7. The van der Waals surface area contributed by atoms with E-state index < -0.39 is 11.0 Å². The van der Waals surface area contributed by atoms with Crippen molar-refractivity contribution >= 4 is 5.69 Å². The van der Waals surface area contributed by atoms with Crippen LogP contribution in [0.4, 0.5) is 5.69 Å². The molecule has 1 atom stereocenters. The minimum atomic E-state index is -0.681. The molecule has 0 aliphatic rings. The van der Waals surface area contributed by atoms with Gasteiger partial charge in [0, 0.05) is 12.1 Å². The fourth-order valence-electron chi connectivity index (χ4n) is 2.32. The molecule has 0 aromatic heterocycles. The van der Waals surface area contributed by atoms with E-state index >= 15 is 0 Å². The summed E-state index contributed by atoms with van der Waals surface area (Å²) in [6, 6.07) is 7.02. The lowest BCUT2D eigenvalue weighted by molar-refractivity contribution is -0.945. The Morgan fingerprint density at radius 2 is 1.84 bits per heavy atom. The number of aliphatic hydroxyl groups is 1. The highest BCUT2D eigenvalue weighted by molar-refractivity contribution is 5.35. The normalized spacial score (nSPS) is 13.3. The Kier molecular flexibility index (Phi) is 5.44. The van der Waals surface area contributed by atoms with Crippen molar-refractivity contribution in [3.63, 3.8) is 0 Å². The molecule has 0 aliphatic heterocycles. The monoisotopic (exact) mass is 267 g/mol. The van der Waals surface area contributed by atoms with Gasteiger partial charge in [-0.05, 0) is 33.3 Å². The van der Waals surface area contributed by atoms with Gasteiger partial charge in [-0.2, -0.15) is 0 Å². The lowest BCUT2D eigenvalue weighted by atomic mass is 10.1. The van der Waals surface area contributed by atoms with Crippen LogP contribution in [0, 0.1) is 10.1 Å². The first-order chi connectivity index (χ1) is 8.82. The largest absolute Gasteiger partial charge is 0.382 e. The van der Waals surface area contributed by atoms with E-state index in [2.05, 4.69) is 27.7 Å². The quantitative estimate of drug-likeness (QED) is 0.603. The summed E-state index contributed by atoms with van der Waals surface area (Å²) >= 11 is 0. The van der Waals surface area contributed by atoms with Crippen molar-refractivity contribution in [2.45, 2.75) is 45.9 Å². The van der Waals surface area contributed by atoms with Gasteiger partial charge in [0.25, 0.3) is 5.69 Å². The van der Waals surface area contributed by atoms with Crippen LogP contribution in [0.25, 0.3) is 0 Å². The van der Waals surface area contributed by atoms with Crippen LogP contribution in [0.15, 0.2) is 24.3 Å². The smallest absolute Gasteiger partial charge is 0.269 e. The fourth-order valence-corrected chi connectivity index (χ4v) is 2.32. The maximum Gasteiger partial charge on any atom is 0.269 e. The van der Waals surface area contributed by atoms with Gasteiger partial charge in [0.05, 0.1) is 17.0 Å². The van der Waals surface area contributed by atoms with Crippen molar-refractivity contribution in [3.8, 4) is 0 Å². The number of hydrogen-bond donors (Lipinski definition) is 2. The highest BCUT2D eigenvalue weighted by Gasteiger charge is 2.23. The van der Waals surface area contributed by atoms with Crippen LogP contribution < -0.4 is 4.90 Å². The molecule has 5 nitrogen and oxygen atoms in total. The number of aliphatic hydroxyl groups excluding tert-OH is 1. The van der Waals surface area contributed by atoms with Gasteiger partial charge in [0.1, 0.15) is 12.6 Å². The Morgan fingerprint density at radius 3 is 2.32 bits per heavy atom. The average molecular weight is 267 g/mol. The predicted octanol–water partition coefficient (Wildman–Crippen LogP) is 1.33. The average Bonchev–Trinajstić information content (AvgIpc) is 2.34. The number of non-ortho nitro benzene ring substituents is 1. The number of rotatable bonds is 6. The summed E-state index contributed by atoms with van der Waals surface area (Å²) in [6.45, 7) is 8.98. The molecule has 1 aromatic rings. The van der Waals surface area contributed by atoms with Crippen molar-refractivity contribution in [2.24, 2.45) is 0 Å². The SMILES string of the molecule is CC(C)[NH+](C[C@H](O)c1cccc([N+](=O)[O-])c1)C(C)C. The summed E-state index contributed by atoms with van der Waals surface area (Å²) < 4.78 is 0.